The Hall–Kier alpha value is -1.51. The smallest absolute Gasteiger partial charge is 0.330 e. The molecular formula is C13H16O3. The van der Waals surface area contributed by atoms with Gasteiger partial charge >= 0.3 is 5.97 Å². The van der Waals surface area contributed by atoms with Gasteiger partial charge in [0.2, 0.25) is 0 Å². The van der Waals surface area contributed by atoms with Crippen molar-refractivity contribution in [3.8, 4) is 0 Å². The van der Waals surface area contributed by atoms with Crippen LogP contribution in [-0.2, 0) is 9.53 Å². The normalized spacial score (nSPS) is 23.6. The van der Waals surface area contributed by atoms with Crippen LogP contribution in [0.15, 0.2) is 22.6 Å². The van der Waals surface area contributed by atoms with Crippen molar-refractivity contribution in [3.05, 3.63) is 29.7 Å². The summed E-state index contributed by atoms with van der Waals surface area (Å²) in [4.78, 5) is 11.1. The van der Waals surface area contributed by atoms with Crippen molar-refractivity contribution in [2.45, 2.75) is 26.2 Å². The van der Waals surface area contributed by atoms with Gasteiger partial charge in [0.1, 0.15) is 11.5 Å². The lowest BCUT2D eigenvalue weighted by atomic mass is 10.3. The molecule has 1 saturated carbocycles. The van der Waals surface area contributed by atoms with Gasteiger partial charge in [-0.2, -0.15) is 0 Å². The molecule has 0 bridgehead atoms. The second kappa shape index (κ2) is 4.56. The second-order valence-corrected chi connectivity index (χ2v) is 4.14. The van der Waals surface area contributed by atoms with Crippen LogP contribution in [0.3, 0.4) is 0 Å². The second-order valence-electron chi connectivity index (χ2n) is 4.14. The summed E-state index contributed by atoms with van der Waals surface area (Å²) < 4.78 is 10.4. The minimum absolute atomic E-state index is 0.333. The maximum absolute atomic E-state index is 11.1. The van der Waals surface area contributed by atoms with Gasteiger partial charge in [0, 0.05) is 12.0 Å². The predicted molar refractivity (Wildman–Crippen MR) is 60.9 cm³/mol. The largest absolute Gasteiger partial charge is 0.463 e. The van der Waals surface area contributed by atoms with Crippen LogP contribution < -0.4 is 0 Å². The first-order valence-electron chi connectivity index (χ1n) is 5.65. The Morgan fingerprint density at radius 2 is 2.38 bits per heavy atom. The van der Waals surface area contributed by atoms with Crippen LogP contribution in [0.2, 0.25) is 0 Å². The fraction of sp³-hybridized carbons (Fsp3) is 0.462. The summed E-state index contributed by atoms with van der Waals surface area (Å²) in [6.45, 7) is 4.39. The Morgan fingerprint density at radius 1 is 1.62 bits per heavy atom. The molecular weight excluding hydrogens is 204 g/mol. The number of hydrogen-bond acceptors (Lipinski definition) is 3. The third kappa shape index (κ3) is 2.54. The third-order valence-electron chi connectivity index (χ3n) is 2.79. The summed E-state index contributed by atoms with van der Waals surface area (Å²) in [5.41, 5.74) is 0. The molecule has 0 saturated heterocycles. The van der Waals surface area contributed by atoms with Crippen LogP contribution in [0.1, 0.15) is 37.7 Å². The lowest BCUT2D eigenvalue weighted by Gasteiger charge is -1.93. The number of esters is 1. The van der Waals surface area contributed by atoms with E-state index in [1.807, 2.05) is 12.1 Å². The molecule has 0 amide bonds. The molecule has 1 aromatic heterocycles. The Bertz CT molecular complexity index is 403. The molecule has 3 nitrogen and oxygen atoms in total. The highest BCUT2D eigenvalue weighted by Gasteiger charge is 2.36. The Morgan fingerprint density at radius 3 is 3.00 bits per heavy atom. The SMILES string of the molecule is CCOC(=O)C=Cc1ccc(C2CC2C)o1. The molecule has 2 atom stereocenters. The third-order valence-corrected chi connectivity index (χ3v) is 2.79. The van der Waals surface area contributed by atoms with Crippen LogP contribution in [0.4, 0.5) is 0 Å². The highest BCUT2D eigenvalue weighted by atomic mass is 16.5. The Kier molecular flexibility index (Phi) is 3.13. The number of ether oxygens (including phenoxy) is 1. The van der Waals surface area contributed by atoms with Crippen LogP contribution >= 0.6 is 0 Å². The fourth-order valence-corrected chi connectivity index (χ4v) is 1.72. The number of carbonyl (C=O) groups is 1. The van der Waals surface area contributed by atoms with Crippen molar-refractivity contribution in [2.24, 2.45) is 5.92 Å². The number of furan rings is 1. The average molecular weight is 220 g/mol. The van der Waals surface area contributed by atoms with E-state index in [4.69, 9.17) is 9.15 Å². The van der Waals surface area contributed by atoms with E-state index in [1.165, 1.54) is 12.5 Å². The van der Waals surface area contributed by atoms with E-state index >= 15 is 0 Å². The molecule has 1 heterocycles. The first-order chi connectivity index (χ1) is 7.70. The summed E-state index contributed by atoms with van der Waals surface area (Å²) in [6.07, 6.45) is 4.24. The molecule has 0 N–H and O–H groups in total. The van der Waals surface area contributed by atoms with Crippen LogP contribution in [0, 0.1) is 5.92 Å². The predicted octanol–water partition coefficient (Wildman–Crippen LogP) is 2.98. The van der Waals surface area contributed by atoms with Crippen LogP contribution in [0.25, 0.3) is 6.08 Å². The van der Waals surface area contributed by atoms with E-state index < -0.39 is 0 Å². The number of carbonyl (C=O) groups excluding carboxylic acids is 1. The van der Waals surface area contributed by atoms with Crippen molar-refractivity contribution < 1.29 is 13.9 Å². The molecule has 86 valence electrons. The highest BCUT2D eigenvalue weighted by molar-refractivity contribution is 5.86. The lowest BCUT2D eigenvalue weighted by Crippen LogP contribution is -1.98. The standard InChI is InChI=1S/C13H16O3/c1-3-15-13(14)7-5-10-4-6-12(16-10)11-8-9(11)2/h4-7,9,11H,3,8H2,1-2H3. The summed E-state index contributed by atoms with van der Waals surface area (Å²) in [7, 11) is 0. The van der Waals surface area contributed by atoms with Gasteiger partial charge in [-0.15, -0.1) is 0 Å². The Balaban J connectivity index is 1.94. The molecule has 1 fully saturated rings. The average Bonchev–Trinajstić information content (AvgIpc) is 2.80. The van der Waals surface area contributed by atoms with Crippen molar-refractivity contribution >= 4 is 12.0 Å². The van der Waals surface area contributed by atoms with Crippen molar-refractivity contribution in [1.29, 1.82) is 0 Å². The molecule has 2 rings (SSSR count). The maximum Gasteiger partial charge on any atom is 0.330 e. The first-order valence-corrected chi connectivity index (χ1v) is 5.65. The van der Waals surface area contributed by atoms with Gasteiger partial charge in [-0.1, -0.05) is 6.92 Å². The van der Waals surface area contributed by atoms with E-state index in [-0.39, 0.29) is 5.97 Å². The van der Waals surface area contributed by atoms with Gasteiger partial charge in [-0.25, -0.2) is 4.79 Å². The zero-order valence-electron chi connectivity index (χ0n) is 9.60. The quantitative estimate of drug-likeness (QED) is 0.578. The maximum atomic E-state index is 11.1. The molecule has 1 aliphatic rings. The Labute approximate surface area is 95.1 Å². The fourth-order valence-electron chi connectivity index (χ4n) is 1.72. The minimum Gasteiger partial charge on any atom is -0.463 e. The zero-order valence-corrected chi connectivity index (χ0v) is 9.60. The molecule has 16 heavy (non-hydrogen) atoms. The first kappa shape index (κ1) is 11.0. The van der Waals surface area contributed by atoms with Crippen molar-refractivity contribution in [3.63, 3.8) is 0 Å². The monoisotopic (exact) mass is 220 g/mol. The van der Waals surface area contributed by atoms with E-state index in [9.17, 15) is 4.79 Å². The summed E-state index contributed by atoms with van der Waals surface area (Å²) in [5, 5.41) is 0. The van der Waals surface area contributed by atoms with E-state index in [0.717, 1.165) is 11.7 Å². The molecule has 0 radical (unpaired) electrons. The van der Waals surface area contributed by atoms with Crippen LogP contribution in [-0.4, -0.2) is 12.6 Å². The van der Waals surface area contributed by atoms with E-state index in [2.05, 4.69) is 6.92 Å². The molecule has 1 aromatic rings. The molecule has 0 aliphatic heterocycles. The number of hydrogen-bond donors (Lipinski definition) is 0. The van der Waals surface area contributed by atoms with Gasteiger partial charge in [0.05, 0.1) is 6.61 Å². The van der Waals surface area contributed by atoms with Crippen molar-refractivity contribution in [1.82, 2.24) is 0 Å². The van der Waals surface area contributed by atoms with E-state index in [1.54, 1.807) is 13.0 Å². The summed E-state index contributed by atoms with van der Waals surface area (Å²) in [6, 6.07) is 3.87. The van der Waals surface area contributed by atoms with Gasteiger partial charge in [0.25, 0.3) is 0 Å². The lowest BCUT2D eigenvalue weighted by molar-refractivity contribution is -0.137. The topological polar surface area (TPSA) is 39.4 Å². The van der Waals surface area contributed by atoms with E-state index in [0.29, 0.717) is 18.3 Å². The van der Waals surface area contributed by atoms with Crippen LogP contribution in [0.5, 0.6) is 0 Å². The molecule has 1 aliphatic carbocycles. The molecule has 2 unspecified atom stereocenters. The van der Waals surface area contributed by atoms with Gasteiger partial charge < -0.3 is 9.15 Å². The van der Waals surface area contributed by atoms with Crippen molar-refractivity contribution in [2.75, 3.05) is 6.61 Å². The molecule has 0 spiro atoms. The number of rotatable bonds is 4. The minimum atomic E-state index is -0.333. The van der Waals surface area contributed by atoms with Gasteiger partial charge in [-0.3, -0.25) is 0 Å². The molecule has 3 heteroatoms. The highest BCUT2D eigenvalue weighted by Crippen LogP contribution is 2.47. The van der Waals surface area contributed by atoms with Gasteiger partial charge in [-0.05, 0) is 37.5 Å². The van der Waals surface area contributed by atoms with Gasteiger partial charge in [0.15, 0.2) is 0 Å². The summed E-state index contributed by atoms with van der Waals surface area (Å²) in [5.74, 6) is 2.70. The molecule has 0 aromatic carbocycles. The summed E-state index contributed by atoms with van der Waals surface area (Å²) >= 11 is 0. The zero-order chi connectivity index (χ0) is 11.5.